The molecule has 0 spiro atoms. The van der Waals surface area contributed by atoms with Crippen LogP contribution in [0.4, 0.5) is 16.2 Å². The van der Waals surface area contributed by atoms with Crippen LogP contribution < -0.4 is 20.9 Å². The molecule has 1 aliphatic rings. The van der Waals surface area contributed by atoms with Gasteiger partial charge in [0.1, 0.15) is 12.1 Å². The lowest BCUT2D eigenvalue weighted by molar-refractivity contribution is -0.127. The van der Waals surface area contributed by atoms with Crippen LogP contribution in [0.5, 0.6) is 0 Å². The molecule has 32 heavy (non-hydrogen) atoms. The number of nitrogens with one attached hydrogen (secondary N) is 3. The molecule has 0 aromatic heterocycles. The van der Waals surface area contributed by atoms with Gasteiger partial charge in [-0.2, -0.15) is 0 Å². The third-order valence-corrected chi connectivity index (χ3v) is 4.97. The Hall–Kier alpha value is -4.21. The van der Waals surface area contributed by atoms with Gasteiger partial charge in [-0.25, -0.2) is 4.79 Å². The van der Waals surface area contributed by atoms with E-state index in [4.69, 9.17) is 5.11 Å². The standard InChI is InChI=1S/C22H22N4O6/c1-12(23-22(31)32)19(28)25-17-11-26(18-6-4-3-5-16(18)24-20(17)29)21(30)15-9-7-14(8-10-15)13(2)27/h3-10,12,17,23H,11H2,1-2H3,(H,24,29)(H,25,28)(H,31,32)/t12-,17-/m0/s1. The fourth-order valence-electron chi connectivity index (χ4n) is 3.25. The number of carbonyl (C=O) groups excluding carboxylic acids is 4. The topological polar surface area (TPSA) is 145 Å². The van der Waals surface area contributed by atoms with Crippen molar-refractivity contribution in [3.8, 4) is 0 Å². The maximum absolute atomic E-state index is 13.3. The minimum atomic E-state index is -1.38. The quantitative estimate of drug-likeness (QED) is 0.522. The minimum Gasteiger partial charge on any atom is -0.465 e. The number of para-hydroxylation sites is 2. The van der Waals surface area contributed by atoms with E-state index in [9.17, 15) is 24.0 Å². The van der Waals surface area contributed by atoms with Gasteiger partial charge in [0.15, 0.2) is 5.78 Å². The Bertz CT molecular complexity index is 1080. The monoisotopic (exact) mass is 438 g/mol. The van der Waals surface area contributed by atoms with Gasteiger partial charge < -0.3 is 26.0 Å². The molecule has 1 heterocycles. The van der Waals surface area contributed by atoms with Gasteiger partial charge in [0, 0.05) is 11.1 Å². The van der Waals surface area contributed by atoms with E-state index in [-0.39, 0.29) is 12.3 Å². The van der Waals surface area contributed by atoms with E-state index in [0.29, 0.717) is 22.5 Å². The van der Waals surface area contributed by atoms with E-state index in [1.807, 2.05) is 5.32 Å². The molecule has 4 amide bonds. The first-order valence-electron chi connectivity index (χ1n) is 9.80. The Morgan fingerprint density at radius 1 is 1.06 bits per heavy atom. The van der Waals surface area contributed by atoms with Crippen LogP contribution in [-0.4, -0.2) is 53.3 Å². The molecule has 0 fully saturated rings. The van der Waals surface area contributed by atoms with Crippen molar-refractivity contribution in [1.82, 2.24) is 10.6 Å². The van der Waals surface area contributed by atoms with Crippen molar-refractivity contribution in [2.24, 2.45) is 0 Å². The summed E-state index contributed by atoms with van der Waals surface area (Å²) in [5, 5.41) is 16.0. The van der Waals surface area contributed by atoms with Gasteiger partial charge in [-0.15, -0.1) is 0 Å². The highest BCUT2D eigenvalue weighted by atomic mass is 16.4. The Morgan fingerprint density at radius 2 is 1.69 bits per heavy atom. The summed E-state index contributed by atoms with van der Waals surface area (Å²) in [4.78, 5) is 62.1. The van der Waals surface area contributed by atoms with Gasteiger partial charge in [0.2, 0.25) is 11.8 Å². The zero-order valence-corrected chi connectivity index (χ0v) is 17.4. The largest absolute Gasteiger partial charge is 0.465 e. The fourth-order valence-corrected chi connectivity index (χ4v) is 3.25. The molecular formula is C22H22N4O6. The molecule has 0 saturated carbocycles. The number of fused-ring (bicyclic) bond motifs is 1. The summed E-state index contributed by atoms with van der Waals surface area (Å²) in [5.41, 5.74) is 1.58. The number of hydrogen-bond donors (Lipinski definition) is 4. The van der Waals surface area contributed by atoms with Crippen LogP contribution in [0.1, 0.15) is 34.6 Å². The Kier molecular flexibility index (Phi) is 6.53. The van der Waals surface area contributed by atoms with E-state index < -0.39 is 35.9 Å². The lowest BCUT2D eigenvalue weighted by Crippen LogP contribution is -2.54. The zero-order valence-electron chi connectivity index (χ0n) is 17.4. The summed E-state index contributed by atoms with van der Waals surface area (Å²) in [6.07, 6.45) is -1.38. The highest BCUT2D eigenvalue weighted by molar-refractivity contribution is 6.12. The van der Waals surface area contributed by atoms with E-state index in [2.05, 4.69) is 10.6 Å². The summed E-state index contributed by atoms with van der Waals surface area (Å²) < 4.78 is 0. The summed E-state index contributed by atoms with van der Waals surface area (Å²) in [6.45, 7) is 2.58. The van der Waals surface area contributed by atoms with Gasteiger partial charge in [0.25, 0.3) is 5.91 Å². The van der Waals surface area contributed by atoms with Crippen molar-refractivity contribution < 1.29 is 29.1 Å². The average molecular weight is 438 g/mol. The second-order valence-electron chi connectivity index (χ2n) is 7.29. The second kappa shape index (κ2) is 9.29. The molecule has 0 unspecified atom stereocenters. The number of anilines is 2. The lowest BCUT2D eigenvalue weighted by Gasteiger charge is -2.26. The van der Waals surface area contributed by atoms with Crippen molar-refractivity contribution in [3.63, 3.8) is 0 Å². The highest BCUT2D eigenvalue weighted by Crippen LogP contribution is 2.30. The van der Waals surface area contributed by atoms with Crippen LogP contribution in [0.15, 0.2) is 48.5 Å². The van der Waals surface area contributed by atoms with Crippen molar-refractivity contribution in [1.29, 1.82) is 0 Å². The number of rotatable bonds is 5. The van der Waals surface area contributed by atoms with Gasteiger partial charge in [-0.05, 0) is 38.1 Å². The van der Waals surface area contributed by atoms with Gasteiger partial charge in [-0.1, -0.05) is 24.3 Å². The van der Waals surface area contributed by atoms with Gasteiger partial charge in [-0.3, -0.25) is 19.2 Å². The number of carboxylic acid groups (broad SMARTS) is 1. The molecule has 3 rings (SSSR count). The lowest BCUT2D eigenvalue weighted by atomic mass is 10.1. The van der Waals surface area contributed by atoms with E-state index >= 15 is 0 Å². The number of ketones is 1. The third-order valence-electron chi connectivity index (χ3n) is 4.97. The van der Waals surface area contributed by atoms with Crippen molar-refractivity contribution >= 4 is 41.0 Å². The summed E-state index contributed by atoms with van der Waals surface area (Å²) >= 11 is 0. The predicted octanol–water partition coefficient (Wildman–Crippen LogP) is 1.63. The summed E-state index contributed by atoms with van der Waals surface area (Å²) in [6, 6.07) is 10.6. The maximum Gasteiger partial charge on any atom is 0.405 e. The van der Waals surface area contributed by atoms with Crippen LogP contribution in [0.2, 0.25) is 0 Å². The molecule has 0 bridgehead atoms. The molecule has 0 aliphatic carbocycles. The molecular weight excluding hydrogens is 416 g/mol. The van der Waals surface area contributed by atoms with Crippen LogP contribution in [-0.2, 0) is 9.59 Å². The molecule has 1 aliphatic heterocycles. The van der Waals surface area contributed by atoms with Crippen LogP contribution in [0.3, 0.4) is 0 Å². The molecule has 10 heteroatoms. The fraction of sp³-hybridized carbons (Fsp3) is 0.227. The number of carbonyl (C=O) groups is 5. The molecule has 4 N–H and O–H groups in total. The molecule has 2 aromatic carbocycles. The summed E-state index contributed by atoms with van der Waals surface area (Å²) in [5.74, 6) is -1.82. The first-order valence-corrected chi connectivity index (χ1v) is 9.80. The molecule has 0 saturated heterocycles. The van der Waals surface area contributed by atoms with Crippen molar-refractivity contribution in [3.05, 3.63) is 59.7 Å². The maximum atomic E-state index is 13.3. The Morgan fingerprint density at radius 3 is 2.31 bits per heavy atom. The smallest absolute Gasteiger partial charge is 0.405 e. The molecule has 10 nitrogen and oxygen atoms in total. The minimum absolute atomic E-state index is 0.134. The van der Waals surface area contributed by atoms with E-state index in [1.165, 1.54) is 30.9 Å². The Balaban J connectivity index is 1.91. The summed E-state index contributed by atoms with van der Waals surface area (Å²) in [7, 11) is 0. The SMILES string of the molecule is CC(=O)c1ccc(C(=O)N2C[C@H](NC(=O)[C@H](C)NC(=O)O)C(=O)Nc3ccccc32)cc1. The number of benzene rings is 2. The first-order chi connectivity index (χ1) is 15.2. The second-order valence-corrected chi connectivity index (χ2v) is 7.29. The zero-order chi connectivity index (χ0) is 23.4. The average Bonchev–Trinajstić information content (AvgIpc) is 2.89. The van der Waals surface area contributed by atoms with Crippen LogP contribution in [0, 0.1) is 0 Å². The Labute approximate surface area is 183 Å². The molecule has 166 valence electrons. The predicted molar refractivity (Wildman–Crippen MR) is 116 cm³/mol. The third kappa shape index (κ3) is 4.91. The number of amides is 4. The first kappa shape index (κ1) is 22.5. The molecule has 0 radical (unpaired) electrons. The van der Waals surface area contributed by atoms with Gasteiger partial charge in [0.05, 0.1) is 17.9 Å². The normalized spacial score (nSPS) is 16.1. The number of Topliss-reactive ketones (excluding diaryl/α,β-unsaturated/α-hetero) is 1. The number of hydrogen-bond acceptors (Lipinski definition) is 5. The van der Waals surface area contributed by atoms with Crippen LogP contribution in [0.25, 0.3) is 0 Å². The highest BCUT2D eigenvalue weighted by Gasteiger charge is 2.33. The van der Waals surface area contributed by atoms with E-state index in [1.54, 1.807) is 36.4 Å². The van der Waals surface area contributed by atoms with Crippen molar-refractivity contribution in [2.75, 3.05) is 16.8 Å². The van der Waals surface area contributed by atoms with Gasteiger partial charge >= 0.3 is 6.09 Å². The molecule has 2 aromatic rings. The van der Waals surface area contributed by atoms with E-state index in [0.717, 1.165) is 0 Å². The van der Waals surface area contributed by atoms with Crippen LogP contribution >= 0.6 is 0 Å². The molecule has 2 atom stereocenters. The number of nitrogens with zero attached hydrogens (tertiary/aromatic N) is 1. The van der Waals surface area contributed by atoms with Crippen molar-refractivity contribution in [2.45, 2.75) is 25.9 Å².